The Kier molecular flexibility index (Phi) is 4.68. The van der Waals surface area contributed by atoms with Gasteiger partial charge in [-0.3, -0.25) is 9.55 Å². The summed E-state index contributed by atoms with van der Waals surface area (Å²) in [5, 5.41) is 2.25. The Morgan fingerprint density at radius 3 is 2.18 bits per heavy atom. The lowest BCUT2D eigenvalue weighted by atomic mass is 9.93. The van der Waals surface area contributed by atoms with Crippen LogP contribution in [0.2, 0.25) is 0 Å². The third-order valence-corrected chi connectivity index (χ3v) is 6.35. The molecule has 0 aliphatic heterocycles. The lowest BCUT2D eigenvalue weighted by molar-refractivity contribution is 0.861. The standard InChI is InChI=1S/C31H25N3/c1-21(2)28-20-32-29(18-26(28)22-11-5-3-6-12-22)23-17-27-25-15-9-10-16-30(25)34(31(27)33-19-23)24-13-7-4-8-14-24/h3-21H,1-2H3/i21D. The molecule has 3 nitrogen and oxygen atoms in total. The molecule has 0 atom stereocenters. The van der Waals surface area contributed by atoms with Gasteiger partial charge in [-0.25, -0.2) is 4.98 Å². The average molecular weight is 441 g/mol. The highest BCUT2D eigenvalue weighted by Crippen LogP contribution is 2.35. The molecule has 164 valence electrons. The smallest absolute Gasteiger partial charge is 0.145 e. The van der Waals surface area contributed by atoms with Crippen LogP contribution < -0.4 is 0 Å². The van der Waals surface area contributed by atoms with E-state index in [-0.39, 0.29) is 0 Å². The fourth-order valence-electron chi connectivity index (χ4n) is 4.69. The van der Waals surface area contributed by atoms with Gasteiger partial charge in [0.25, 0.3) is 0 Å². The summed E-state index contributed by atoms with van der Waals surface area (Å²) < 4.78 is 10.9. The molecule has 0 spiro atoms. The maximum absolute atomic E-state index is 8.67. The first-order valence-electron chi connectivity index (χ1n) is 12.0. The second-order valence-corrected chi connectivity index (χ2v) is 8.76. The van der Waals surface area contributed by atoms with Crippen molar-refractivity contribution in [3.05, 3.63) is 115 Å². The zero-order valence-electron chi connectivity index (χ0n) is 20.2. The molecule has 3 heterocycles. The van der Waals surface area contributed by atoms with Gasteiger partial charge < -0.3 is 0 Å². The normalized spacial score (nSPS) is 12.2. The van der Waals surface area contributed by atoms with Gasteiger partial charge in [-0.05, 0) is 52.9 Å². The molecule has 0 aliphatic carbocycles. The fourth-order valence-corrected chi connectivity index (χ4v) is 4.69. The van der Waals surface area contributed by atoms with E-state index in [0.29, 0.717) is 0 Å². The van der Waals surface area contributed by atoms with Gasteiger partial charge in [-0.1, -0.05) is 80.6 Å². The van der Waals surface area contributed by atoms with Crippen LogP contribution >= 0.6 is 0 Å². The highest BCUT2D eigenvalue weighted by atomic mass is 15.0. The number of hydrogen-bond acceptors (Lipinski definition) is 2. The number of pyridine rings is 2. The van der Waals surface area contributed by atoms with Crippen molar-refractivity contribution in [2.75, 3.05) is 0 Å². The zero-order chi connectivity index (χ0) is 24.0. The highest BCUT2D eigenvalue weighted by Gasteiger charge is 2.16. The van der Waals surface area contributed by atoms with Gasteiger partial charge in [0.2, 0.25) is 0 Å². The minimum atomic E-state index is -0.762. The van der Waals surface area contributed by atoms with Crippen LogP contribution in [0.3, 0.4) is 0 Å². The zero-order valence-corrected chi connectivity index (χ0v) is 19.2. The molecule has 0 bridgehead atoms. The van der Waals surface area contributed by atoms with E-state index in [9.17, 15) is 0 Å². The molecule has 0 amide bonds. The molecular formula is C31H25N3. The van der Waals surface area contributed by atoms with E-state index in [1.54, 1.807) is 0 Å². The maximum Gasteiger partial charge on any atom is 0.145 e. The summed E-state index contributed by atoms with van der Waals surface area (Å²) in [6.07, 6.45) is 3.76. The van der Waals surface area contributed by atoms with Crippen molar-refractivity contribution in [3.8, 4) is 28.1 Å². The number of aromatic nitrogens is 3. The Bertz CT molecular complexity index is 1660. The van der Waals surface area contributed by atoms with Crippen LogP contribution in [0.15, 0.2) is 109 Å². The minimum absolute atomic E-state index is 0.762. The summed E-state index contributed by atoms with van der Waals surface area (Å²) in [6, 6.07) is 33.3. The van der Waals surface area contributed by atoms with Crippen LogP contribution in [0.4, 0.5) is 0 Å². The third kappa shape index (κ3) is 3.37. The summed E-state index contributed by atoms with van der Waals surface area (Å²) in [5.41, 5.74) is 7.97. The number of rotatable bonds is 4. The van der Waals surface area contributed by atoms with Crippen molar-refractivity contribution in [2.24, 2.45) is 0 Å². The van der Waals surface area contributed by atoms with Gasteiger partial charge in [-0.15, -0.1) is 0 Å². The molecule has 6 rings (SSSR count). The average Bonchev–Trinajstić information content (AvgIpc) is 3.22. The molecule has 0 aliphatic rings. The quantitative estimate of drug-likeness (QED) is 0.278. The monoisotopic (exact) mass is 440 g/mol. The van der Waals surface area contributed by atoms with Crippen LogP contribution in [0.25, 0.3) is 50.0 Å². The van der Waals surface area contributed by atoms with E-state index in [0.717, 1.165) is 55.6 Å². The van der Waals surface area contributed by atoms with Crippen LogP contribution in [-0.4, -0.2) is 14.5 Å². The summed E-state index contributed by atoms with van der Waals surface area (Å²) in [4.78, 5) is 9.72. The van der Waals surface area contributed by atoms with Crippen LogP contribution in [0.5, 0.6) is 0 Å². The first kappa shape index (κ1) is 19.2. The number of hydrogen-bond donors (Lipinski definition) is 0. The van der Waals surface area contributed by atoms with Crippen molar-refractivity contribution >= 4 is 21.9 Å². The third-order valence-electron chi connectivity index (χ3n) is 6.35. The van der Waals surface area contributed by atoms with Gasteiger partial charge in [-0.2, -0.15) is 0 Å². The largest absolute Gasteiger partial charge is 0.294 e. The predicted octanol–water partition coefficient (Wildman–Crippen LogP) is 8.03. The van der Waals surface area contributed by atoms with Gasteiger partial charge in [0.05, 0.1) is 11.2 Å². The van der Waals surface area contributed by atoms with Crippen molar-refractivity contribution in [3.63, 3.8) is 0 Å². The van der Waals surface area contributed by atoms with Gasteiger partial charge in [0.1, 0.15) is 5.65 Å². The minimum Gasteiger partial charge on any atom is -0.294 e. The first-order chi connectivity index (χ1) is 17.0. The van der Waals surface area contributed by atoms with Crippen molar-refractivity contribution in [2.45, 2.75) is 19.7 Å². The molecule has 0 saturated heterocycles. The van der Waals surface area contributed by atoms with Crippen molar-refractivity contribution < 1.29 is 1.37 Å². The van der Waals surface area contributed by atoms with E-state index in [1.807, 2.05) is 50.5 Å². The Morgan fingerprint density at radius 1 is 0.706 bits per heavy atom. The second-order valence-electron chi connectivity index (χ2n) is 8.76. The molecular weight excluding hydrogens is 414 g/mol. The number of para-hydroxylation sites is 2. The maximum atomic E-state index is 8.67. The van der Waals surface area contributed by atoms with Crippen LogP contribution in [0.1, 0.15) is 26.7 Å². The second kappa shape index (κ2) is 8.27. The van der Waals surface area contributed by atoms with E-state index in [1.165, 1.54) is 0 Å². The molecule has 6 aromatic rings. The van der Waals surface area contributed by atoms with Crippen molar-refractivity contribution in [1.82, 2.24) is 14.5 Å². The molecule has 34 heavy (non-hydrogen) atoms. The molecule has 3 aromatic heterocycles. The fraction of sp³-hybridized carbons (Fsp3) is 0.0968. The SMILES string of the molecule is [2H]C(C)(C)c1cnc(-c2cnc3c(c2)c2ccccc2n3-c2ccccc2)cc1-c1ccccc1. The van der Waals surface area contributed by atoms with Crippen LogP contribution in [0, 0.1) is 0 Å². The van der Waals surface area contributed by atoms with Gasteiger partial charge >= 0.3 is 0 Å². The van der Waals surface area contributed by atoms with E-state index in [4.69, 9.17) is 11.3 Å². The molecule has 0 radical (unpaired) electrons. The van der Waals surface area contributed by atoms with E-state index >= 15 is 0 Å². The Balaban J connectivity index is 1.57. The van der Waals surface area contributed by atoms with Crippen molar-refractivity contribution in [1.29, 1.82) is 0 Å². The molecule has 0 saturated carbocycles. The van der Waals surface area contributed by atoms with E-state index < -0.39 is 5.89 Å². The van der Waals surface area contributed by atoms with Gasteiger partial charge in [0.15, 0.2) is 0 Å². The Morgan fingerprint density at radius 2 is 1.41 bits per heavy atom. The summed E-state index contributed by atoms with van der Waals surface area (Å²) >= 11 is 0. The number of benzene rings is 3. The molecule has 3 heteroatoms. The summed E-state index contributed by atoms with van der Waals surface area (Å²) in [6.45, 7) is 3.81. The number of fused-ring (bicyclic) bond motifs is 3. The topological polar surface area (TPSA) is 30.7 Å². The van der Waals surface area contributed by atoms with Gasteiger partial charge in [0, 0.05) is 35.8 Å². The summed E-state index contributed by atoms with van der Waals surface area (Å²) in [7, 11) is 0. The van der Waals surface area contributed by atoms with E-state index in [2.05, 4.69) is 77.4 Å². The Labute approximate surface area is 200 Å². The van der Waals surface area contributed by atoms with Crippen LogP contribution in [-0.2, 0) is 0 Å². The predicted molar refractivity (Wildman–Crippen MR) is 141 cm³/mol. The first-order valence-corrected chi connectivity index (χ1v) is 11.5. The highest BCUT2D eigenvalue weighted by molar-refractivity contribution is 6.08. The summed E-state index contributed by atoms with van der Waals surface area (Å²) in [5.74, 6) is -0.762. The molecule has 3 aromatic carbocycles. The number of nitrogens with zero attached hydrogens (tertiary/aromatic N) is 3. The Hall–Kier alpha value is -4.24. The molecule has 0 unspecified atom stereocenters. The lowest BCUT2D eigenvalue weighted by Crippen LogP contribution is -1.97. The molecule has 0 fully saturated rings. The lowest BCUT2D eigenvalue weighted by Gasteiger charge is -2.14. The molecule has 0 N–H and O–H groups in total.